The van der Waals surface area contributed by atoms with Gasteiger partial charge in [-0.2, -0.15) is 0 Å². The summed E-state index contributed by atoms with van der Waals surface area (Å²) in [5, 5.41) is 3.83. The quantitative estimate of drug-likeness (QED) is 0.578. The molecule has 1 aliphatic rings. The molecular weight excluding hydrogens is 419 g/mol. The second-order valence-corrected chi connectivity index (χ2v) is 8.59. The van der Waals surface area contributed by atoms with E-state index in [1.807, 2.05) is 43.3 Å². The Balaban J connectivity index is 1.95. The van der Waals surface area contributed by atoms with Gasteiger partial charge in [-0.1, -0.05) is 67.3 Å². The third-order valence-electron chi connectivity index (χ3n) is 5.70. The molecule has 0 bridgehead atoms. The van der Waals surface area contributed by atoms with Crippen molar-refractivity contribution >= 4 is 35.0 Å². The van der Waals surface area contributed by atoms with Gasteiger partial charge < -0.3 is 10.2 Å². The zero-order valence-electron chi connectivity index (χ0n) is 17.2. The molecule has 2 aromatic carbocycles. The summed E-state index contributed by atoms with van der Waals surface area (Å²) in [4.78, 5) is 28.0. The predicted molar refractivity (Wildman–Crippen MR) is 122 cm³/mol. The average Bonchev–Trinajstić information content (AvgIpc) is 2.76. The third kappa shape index (κ3) is 5.77. The number of hydrogen-bond donors (Lipinski definition) is 1. The number of aryl methyl sites for hydroxylation is 1. The SMILES string of the molecule is Cc1ccccc1[C@H](C(=O)NC1CCCCC1)N(Cc1ccc(Cl)cc1)C(=O)CCl. The molecular formula is C24H28Cl2N2O2. The summed E-state index contributed by atoms with van der Waals surface area (Å²) in [5.74, 6) is -0.616. The van der Waals surface area contributed by atoms with Crippen molar-refractivity contribution in [2.45, 2.75) is 57.7 Å². The second-order valence-electron chi connectivity index (χ2n) is 7.88. The van der Waals surface area contributed by atoms with E-state index in [1.54, 1.807) is 17.0 Å². The lowest BCUT2D eigenvalue weighted by Crippen LogP contribution is -2.47. The topological polar surface area (TPSA) is 49.4 Å². The first-order valence-electron chi connectivity index (χ1n) is 10.5. The fraction of sp³-hybridized carbons (Fsp3) is 0.417. The van der Waals surface area contributed by atoms with E-state index < -0.39 is 6.04 Å². The maximum absolute atomic E-state index is 13.5. The number of carbonyl (C=O) groups excluding carboxylic acids is 2. The molecule has 1 N–H and O–H groups in total. The van der Waals surface area contributed by atoms with Crippen LogP contribution in [-0.4, -0.2) is 28.6 Å². The minimum absolute atomic E-state index is 0.149. The van der Waals surface area contributed by atoms with E-state index in [2.05, 4.69) is 5.32 Å². The summed E-state index contributed by atoms with van der Waals surface area (Å²) in [6.07, 6.45) is 5.41. The van der Waals surface area contributed by atoms with Crippen molar-refractivity contribution in [1.29, 1.82) is 0 Å². The number of halogens is 2. The van der Waals surface area contributed by atoms with Gasteiger partial charge in [0.25, 0.3) is 0 Å². The molecule has 2 aromatic rings. The monoisotopic (exact) mass is 446 g/mol. The average molecular weight is 447 g/mol. The van der Waals surface area contributed by atoms with Gasteiger partial charge in [0.1, 0.15) is 11.9 Å². The van der Waals surface area contributed by atoms with Crippen LogP contribution < -0.4 is 5.32 Å². The zero-order chi connectivity index (χ0) is 21.5. The van der Waals surface area contributed by atoms with Crippen LogP contribution in [0.5, 0.6) is 0 Å². The fourth-order valence-electron chi connectivity index (χ4n) is 4.06. The maximum Gasteiger partial charge on any atom is 0.247 e. The van der Waals surface area contributed by atoms with Crippen LogP contribution in [0.25, 0.3) is 0 Å². The Labute approximate surface area is 188 Å². The number of benzene rings is 2. The lowest BCUT2D eigenvalue weighted by atomic mass is 9.94. The summed E-state index contributed by atoms with van der Waals surface area (Å²) in [7, 11) is 0. The highest BCUT2D eigenvalue weighted by Gasteiger charge is 2.33. The highest BCUT2D eigenvalue weighted by atomic mass is 35.5. The first-order chi connectivity index (χ1) is 14.5. The van der Waals surface area contributed by atoms with Crippen molar-refractivity contribution in [1.82, 2.24) is 10.2 Å². The van der Waals surface area contributed by atoms with Crippen LogP contribution in [0, 0.1) is 6.92 Å². The van der Waals surface area contributed by atoms with E-state index in [1.165, 1.54) is 6.42 Å². The van der Waals surface area contributed by atoms with E-state index in [4.69, 9.17) is 23.2 Å². The van der Waals surface area contributed by atoms with Crippen LogP contribution in [0.15, 0.2) is 48.5 Å². The van der Waals surface area contributed by atoms with Gasteiger partial charge in [-0.05, 0) is 48.6 Å². The molecule has 1 atom stereocenters. The highest BCUT2D eigenvalue weighted by Crippen LogP contribution is 2.28. The molecule has 6 heteroatoms. The number of nitrogens with zero attached hydrogens (tertiary/aromatic N) is 1. The molecule has 0 aliphatic heterocycles. The molecule has 2 amide bonds. The van der Waals surface area contributed by atoms with Gasteiger partial charge in [-0.15, -0.1) is 11.6 Å². The molecule has 0 spiro atoms. The molecule has 0 unspecified atom stereocenters. The Hall–Kier alpha value is -2.04. The number of alkyl halides is 1. The molecule has 4 nitrogen and oxygen atoms in total. The van der Waals surface area contributed by atoms with Gasteiger partial charge in [0.2, 0.25) is 11.8 Å². The van der Waals surface area contributed by atoms with Crippen LogP contribution in [-0.2, 0) is 16.1 Å². The number of nitrogens with one attached hydrogen (secondary N) is 1. The van der Waals surface area contributed by atoms with Crippen molar-refractivity contribution in [2.75, 3.05) is 5.88 Å². The molecule has 160 valence electrons. The van der Waals surface area contributed by atoms with Crippen LogP contribution >= 0.6 is 23.2 Å². The predicted octanol–water partition coefficient (Wildman–Crippen LogP) is 5.41. The van der Waals surface area contributed by atoms with Gasteiger partial charge >= 0.3 is 0 Å². The molecule has 0 radical (unpaired) electrons. The van der Waals surface area contributed by atoms with Gasteiger partial charge in [0.15, 0.2) is 0 Å². The first-order valence-corrected chi connectivity index (χ1v) is 11.4. The Morgan fingerprint density at radius 1 is 1.07 bits per heavy atom. The summed E-state index contributed by atoms with van der Waals surface area (Å²) in [6, 6.07) is 14.4. The van der Waals surface area contributed by atoms with Crippen molar-refractivity contribution in [3.8, 4) is 0 Å². The Kier molecular flexibility index (Phi) is 8.17. The standard InChI is InChI=1S/C24H28Cl2N2O2/c1-17-7-5-6-10-21(17)23(24(30)27-20-8-3-2-4-9-20)28(22(29)15-25)16-18-11-13-19(26)14-12-18/h5-7,10-14,20,23H,2-4,8-9,15-16H2,1H3,(H,27,30)/t23-/m1/s1. The highest BCUT2D eigenvalue weighted by molar-refractivity contribution is 6.30. The number of amides is 2. The van der Waals surface area contributed by atoms with Crippen molar-refractivity contribution < 1.29 is 9.59 Å². The minimum Gasteiger partial charge on any atom is -0.351 e. The van der Waals surface area contributed by atoms with Crippen LogP contribution in [0.1, 0.15) is 54.8 Å². The second kappa shape index (κ2) is 10.8. The number of rotatable bonds is 7. The molecule has 3 rings (SSSR count). The Morgan fingerprint density at radius 2 is 1.73 bits per heavy atom. The van der Waals surface area contributed by atoms with Crippen LogP contribution in [0.2, 0.25) is 5.02 Å². The minimum atomic E-state index is -0.741. The molecule has 0 saturated heterocycles. The molecule has 1 saturated carbocycles. The summed E-state index contributed by atoms with van der Waals surface area (Å²) in [6.45, 7) is 2.24. The molecule has 1 aliphatic carbocycles. The van der Waals surface area contributed by atoms with Crippen molar-refractivity contribution in [3.63, 3.8) is 0 Å². The van der Waals surface area contributed by atoms with Crippen molar-refractivity contribution in [2.24, 2.45) is 0 Å². The summed E-state index contributed by atoms with van der Waals surface area (Å²) >= 11 is 12.0. The number of carbonyl (C=O) groups is 2. The van der Waals surface area contributed by atoms with Crippen LogP contribution in [0.4, 0.5) is 0 Å². The smallest absolute Gasteiger partial charge is 0.247 e. The van der Waals surface area contributed by atoms with Crippen LogP contribution in [0.3, 0.4) is 0 Å². The zero-order valence-corrected chi connectivity index (χ0v) is 18.8. The Bertz CT molecular complexity index is 864. The van der Waals surface area contributed by atoms with E-state index >= 15 is 0 Å². The van der Waals surface area contributed by atoms with E-state index in [9.17, 15) is 9.59 Å². The van der Waals surface area contributed by atoms with Gasteiger partial charge in [-0.25, -0.2) is 0 Å². The Morgan fingerprint density at radius 3 is 2.37 bits per heavy atom. The number of hydrogen-bond acceptors (Lipinski definition) is 2. The van der Waals surface area contributed by atoms with Gasteiger partial charge in [0.05, 0.1) is 0 Å². The third-order valence-corrected chi connectivity index (χ3v) is 6.18. The van der Waals surface area contributed by atoms with Crippen molar-refractivity contribution in [3.05, 3.63) is 70.2 Å². The van der Waals surface area contributed by atoms with E-state index in [-0.39, 0.29) is 30.3 Å². The summed E-state index contributed by atoms with van der Waals surface area (Å²) < 4.78 is 0. The maximum atomic E-state index is 13.5. The lowest BCUT2D eigenvalue weighted by Gasteiger charge is -2.34. The van der Waals surface area contributed by atoms with E-state index in [0.717, 1.165) is 42.4 Å². The van der Waals surface area contributed by atoms with Gasteiger partial charge in [0, 0.05) is 17.6 Å². The normalized spacial score (nSPS) is 15.4. The van der Waals surface area contributed by atoms with Gasteiger partial charge in [-0.3, -0.25) is 9.59 Å². The summed E-state index contributed by atoms with van der Waals surface area (Å²) in [5.41, 5.74) is 2.67. The fourth-order valence-corrected chi connectivity index (χ4v) is 4.34. The molecule has 1 fully saturated rings. The first kappa shape index (κ1) is 22.6. The largest absolute Gasteiger partial charge is 0.351 e. The van der Waals surface area contributed by atoms with E-state index in [0.29, 0.717) is 5.02 Å². The molecule has 30 heavy (non-hydrogen) atoms. The lowest BCUT2D eigenvalue weighted by molar-refractivity contribution is -0.140. The molecule has 0 aromatic heterocycles. The molecule has 0 heterocycles.